The van der Waals surface area contributed by atoms with E-state index in [4.69, 9.17) is 5.73 Å². The summed E-state index contributed by atoms with van der Waals surface area (Å²) in [7, 11) is 0. The molecule has 4 heteroatoms. The van der Waals surface area contributed by atoms with Gasteiger partial charge in [0.2, 0.25) is 5.92 Å². The van der Waals surface area contributed by atoms with Crippen LogP contribution in [0.3, 0.4) is 0 Å². The summed E-state index contributed by atoms with van der Waals surface area (Å²) in [5, 5.41) is 3.11. The minimum atomic E-state index is -2.62. The maximum atomic E-state index is 12.6. The van der Waals surface area contributed by atoms with Crippen molar-refractivity contribution in [2.45, 2.75) is 31.7 Å². The Bertz CT molecular complexity index is 296. The molecular weight excluding hydrogens is 210 g/mol. The van der Waals surface area contributed by atoms with Crippen LogP contribution in [0.25, 0.3) is 0 Å². The first-order valence-corrected chi connectivity index (χ1v) is 5.40. The number of para-hydroxylation sites is 1. The third kappa shape index (κ3) is 5.66. The number of nitrogens with one attached hydrogen (secondary N) is 1. The van der Waals surface area contributed by atoms with Gasteiger partial charge in [-0.1, -0.05) is 18.2 Å². The van der Waals surface area contributed by atoms with Gasteiger partial charge in [-0.3, -0.25) is 0 Å². The first-order valence-electron chi connectivity index (χ1n) is 5.40. The maximum Gasteiger partial charge on any atom is 0.245 e. The summed E-state index contributed by atoms with van der Waals surface area (Å²) >= 11 is 0. The number of benzene rings is 1. The second kappa shape index (κ2) is 5.80. The number of hydrogen-bond donors (Lipinski definition) is 2. The number of alkyl halides is 2. The second-order valence-corrected chi connectivity index (χ2v) is 4.12. The summed E-state index contributed by atoms with van der Waals surface area (Å²) in [6, 6.07) is 9.33. The lowest BCUT2D eigenvalue weighted by molar-refractivity contribution is 0.00955. The standard InChI is InChI=1S/C12H18F2N2/c1-12(13,14)8-7-10(15)9-16-11-5-3-2-4-6-11/h2-6,10,16H,7-9,15H2,1H3/t10-/m1/s1. The van der Waals surface area contributed by atoms with Crippen LogP contribution >= 0.6 is 0 Å². The van der Waals surface area contributed by atoms with Gasteiger partial charge in [0.05, 0.1) is 0 Å². The molecule has 1 rings (SSSR count). The third-order valence-corrected chi connectivity index (χ3v) is 2.30. The molecule has 0 heterocycles. The Labute approximate surface area is 94.8 Å². The summed E-state index contributed by atoms with van der Waals surface area (Å²) in [5.74, 6) is -2.62. The zero-order valence-corrected chi connectivity index (χ0v) is 9.42. The van der Waals surface area contributed by atoms with Crippen molar-refractivity contribution in [3.8, 4) is 0 Å². The first-order chi connectivity index (χ1) is 7.47. The van der Waals surface area contributed by atoms with Gasteiger partial charge in [0, 0.05) is 24.7 Å². The Morgan fingerprint density at radius 3 is 2.50 bits per heavy atom. The molecule has 0 bridgehead atoms. The average molecular weight is 228 g/mol. The molecule has 1 aromatic rings. The molecule has 0 amide bonds. The molecule has 0 saturated heterocycles. The van der Waals surface area contributed by atoms with E-state index in [1.165, 1.54) is 0 Å². The molecule has 0 aliphatic rings. The molecule has 16 heavy (non-hydrogen) atoms. The van der Waals surface area contributed by atoms with Crippen molar-refractivity contribution in [3.63, 3.8) is 0 Å². The van der Waals surface area contributed by atoms with Gasteiger partial charge in [-0.2, -0.15) is 0 Å². The van der Waals surface area contributed by atoms with Crippen molar-refractivity contribution in [2.24, 2.45) is 5.73 Å². The Hall–Kier alpha value is -1.16. The van der Waals surface area contributed by atoms with Gasteiger partial charge in [-0.15, -0.1) is 0 Å². The molecule has 0 aromatic heterocycles. The maximum absolute atomic E-state index is 12.6. The minimum Gasteiger partial charge on any atom is -0.383 e. The zero-order chi connectivity index (χ0) is 12.0. The highest BCUT2D eigenvalue weighted by Crippen LogP contribution is 2.19. The average Bonchev–Trinajstić information content (AvgIpc) is 2.24. The highest BCUT2D eigenvalue weighted by Gasteiger charge is 2.21. The molecule has 0 spiro atoms. The monoisotopic (exact) mass is 228 g/mol. The highest BCUT2D eigenvalue weighted by atomic mass is 19.3. The van der Waals surface area contributed by atoms with Crippen LogP contribution in [0.1, 0.15) is 19.8 Å². The van der Waals surface area contributed by atoms with Crippen LogP contribution in [-0.2, 0) is 0 Å². The topological polar surface area (TPSA) is 38.0 Å². The molecule has 2 nitrogen and oxygen atoms in total. The number of hydrogen-bond acceptors (Lipinski definition) is 2. The van der Waals surface area contributed by atoms with Crippen molar-refractivity contribution in [3.05, 3.63) is 30.3 Å². The molecule has 0 fully saturated rings. The molecule has 90 valence electrons. The van der Waals surface area contributed by atoms with Crippen LogP contribution in [0.2, 0.25) is 0 Å². The van der Waals surface area contributed by atoms with E-state index in [-0.39, 0.29) is 12.5 Å². The van der Waals surface area contributed by atoms with E-state index in [2.05, 4.69) is 5.32 Å². The molecule has 3 N–H and O–H groups in total. The lowest BCUT2D eigenvalue weighted by Gasteiger charge is -2.16. The van der Waals surface area contributed by atoms with Gasteiger partial charge in [0.25, 0.3) is 0 Å². The summed E-state index contributed by atoms with van der Waals surface area (Å²) < 4.78 is 25.1. The van der Waals surface area contributed by atoms with Crippen molar-refractivity contribution >= 4 is 5.69 Å². The Kier molecular flexibility index (Phi) is 4.68. The number of nitrogens with two attached hydrogens (primary N) is 1. The second-order valence-electron chi connectivity index (χ2n) is 4.12. The fraction of sp³-hybridized carbons (Fsp3) is 0.500. The molecule has 0 radical (unpaired) electrons. The number of rotatable bonds is 6. The van der Waals surface area contributed by atoms with Gasteiger partial charge in [-0.25, -0.2) is 8.78 Å². The molecule has 0 unspecified atom stereocenters. The van der Waals surface area contributed by atoms with Crippen molar-refractivity contribution in [1.82, 2.24) is 0 Å². The van der Waals surface area contributed by atoms with Gasteiger partial charge in [0.1, 0.15) is 0 Å². The Balaban J connectivity index is 2.23. The molecule has 1 aromatic carbocycles. The lowest BCUT2D eigenvalue weighted by atomic mass is 10.1. The van der Waals surface area contributed by atoms with Crippen LogP contribution in [0, 0.1) is 0 Å². The van der Waals surface area contributed by atoms with Crippen LogP contribution in [0.15, 0.2) is 30.3 Å². The summed E-state index contributed by atoms with van der Waals surface area (Å²) in [5.41, 5.74) is 6.69. The summed E-state index contributed by atoms with van der Waals surface area (Å²) in [6.07, 6.45) is 0.161. The van der Waals surface area contributed by atoms with Gasteiger partial charge >= 0.3 is 0 Å². The first kappa shape index (κ1) is 12.9. The fourth-order valence-corrected chi connectivity index (χ4v) is 1.35. The third-order valence-electron chi connectivity index (χ3n) is 2.30. The minimum absolute atomic E-state index is 0.162. The lowest BCUT2D eigenvalue weighted by Crippen LogP contribution is -2.30. The molecule has 0 aliphatic heterocycles. The van der Waals surface area contributed by atoms with Crippen LogP contribution < -0.4 is 11.1 Å². The van der Waals surface area contributed by atoms with Gasteiger partial charge in [-0.05, 0) is 25.5 Å². The highest BCUT2D eigenvalue weighted by molar-refractivity contribution is 5.42. The predicted octanol–water partition coefficient (Wildman–Crippen LogP) is 2.86. The van der Waals surface area contributed by atoms with E-state index >= 15 is 0 Å². The van der Waals surface area contributed by atoms with E-state index in [9.17, 15) is 8.78 Å². The van der Waals surface area contributed by atoms with E-state index < -0.39 is 5.92 Å². The van der Waals surface area contributed by atoms with Crippen molar-refractivity contribution in [1.29, 1.82) is 0 Å². The molecular formula is C12H18F2N2. The largest absolute Gasteiger partial charge is 0.383 e. The normalized spacial score (nSPS) is 13.5. The SMILES string of the molecule is CC(F)(F)CC[C@@H](N)CNc1ccccc1. The molecule has 1 atom stereocenters. The number of anilines is 1. The van der Waals surface area contributed by atoms with E-state index in [1.54, 1.807) is 0 Å². The smallest absolute Gasteiger partial charge is 0.245 e. The van der Waals surface area contributed by atoms with Crippen LogP contribution in [0.5, 0.6) is 0 Å². The Morgan fingerprint density at radius 1 is 1.31 bits per heavy atom. The van der Waals surface area contributed by atoms with Gasteiger partial charge < -0.3 is 11.1 Å². The molecule has 0 saturated carbocycles. The Morgan fingerprint density at radius 2 is 1.94 bits per heavy atom. The van der Waals surface area contributed by atoms with Crippen LogP contribution in [-0.4, -0.2) is 18.5 Å². The fourth-order valence-electron chi connectivity index (χ4n) is 1.35. The van der Waals surface area contributed by atoms with Gasteiger partial charge in [0.15, 0.2) is 0 Å². The number of halogens is 2. The van der Waals surface area contributed by atoms with E-state index in [0.717, 1.165) is 12.6 Å². The summed E-state index contributed by atoms with van der Waals surface area (Å²) in [6.45, 7) is 1.43. The van der Waals surface area contributed by atoms with E-state index in [1.807, 2.05) is 30.3 Å². The predicted molar refractivity (Wildman–Crippen MR) is 62.8 cm³/mol. The van der Waals surface area contributed by atoms with Crippen LogP contribution in [0.4, 0.5) is 14.5 Å². The quantitative estimate of drug-likeness (QED) is 0.785. The zero-order valence-electron chi connectivity index (χ0n) is 9.42. The summed E-state index contributed by atoms with van der Waals surface area (Å²) in [4.78, 5) is 0. The van der Waals surface area contributed by atoms with Crippen molar-refractivity contribution in [2.75, 3.05) is 11.9 Å². The van der Waals surface area contributed by atoms with Crippen molar-refractivity contribution < 1.29 is 8.78 Å². The molecule has 0 aliphatic carbocycles. The van der Waals surface area contributed by atoms with E-state index in [0.29, 0.717) is 13.0 Å².